The molecule has 0 aliphatic carbocycles. The molecule has 114 valence electrons. The molecule has 2 aromatic rings. The molecule has 1 aliphatic heterocycles. The monoisotopic (exact) mass is 286 g/mol. The number of hydrogen-bond donors (Lipinski definition) is 1. The lowest BCUT2D eigenvalue weighted by Gasteiger charge is -2.26. The summed E-state index contributed by atoms with van der Waals surface area (Å²) >= 11 is 0. The average Bonchev–Trinajstić information content (AvgIpc) is 2.90. The van der Waals surface area contributed by atoms with E-state index in [4.69, 9.17) is 4.74 Å². The largest absolute Gasteiger partial charge is 0.381 e. The standard InChI is InChI=1S/C18H26N2O/c1-18(2,3)19-13-15-6-4-5-14-7-10-20(17(14)15)16-8-11-21-12-9-16/h4-7,10,16,19H,8-9,11-13H2,1-3H3. The quantitative estimate of drug-likeness (QED) is 0.926. The SMILES string of the molecule is CC(C)(C)NCc1cccc2ccn(C3CCOCC3)c12. The predicted octanol–water partition coefficient (Wildman–Crippen LogP) is 3.88. The fourth-order valence-electron chi connectivity index (χ4n) is 3.07. The van der Waals surface area contributed by atoms with Gasteiger partial charge in [0, 0.05) is 37.5 Å². The Morgan fingerprint density at radius 1 is 1.19 bits per heavy atom. The van der Waals surface area contributed by atoms with Crippen molar-refractivity contribution in [3.05, 3.63) is 36.0 Å². The highest BCUT2D eigenvalue weighted by molar-refractivity contribution is 5.83. The van der Waals surface area contributed by atoms with Gasteiger partial charge in [0.1, 0.15) is 0 Å². The second-order valence-corrected chi connectivity index (χ2v) is 7.03. The van der Waals surface area contributed by atoms with Crippen molar-refractivity contribution in [2.75, 3.05) is 13.2 Å². The van der Waals surface area contributed by atoms with Crippen LogP contribution < -0.4 is 5.32 Å². The Morgan fingerprint density at radius 2 is 1.95 bits per heavy atom. The maximum Gasteiger partial charge on any atom is 0.0528 e. The van der Waals surface area contributed by atoms with Crippen LogP contribution in [0.5, 0.6) is 0 Å². The first kappa shape index (κ1) is 14.6. The van der Waals surface area contributed by atoms with Gasteiger partial charge in [0.15, 0.2) is 0 Å². The Bertz CT molecular complexity index is 603. The molecule has 3 nitrogen and oxygen atoms in total. The van der Waals surface area contributed by atoms with Gasteiger partial charge in [0.05, 0.1) is 5.52 Å². The van der Waals surface area contributed by atoms with Crippen molar-refractivity contribution in [1.29, 1.82) is 0 Å². The van der Waals surface area contributed by atoms with E-state index in [2.05, 4.69) is 61.1 Å². The molecule has 0 spiro atoms. The normalized spacial score (nSPS) is 17.5. The lowest BCUT2D eigenvalue weighted by molar-refractivity contribution is 0.0707. The molecule has 1 aliphatic rings. The van der Waals surface area contributed by atoms with E-state index in [9.17, 15) is 0 Å². The zero-order valence-electron chi connectivity index (χ0n) is 13.4. The zero-order chi connectivity index (χ0) is 14.9. The second kappa shape index (κ2) is 5.82. The van der Waals surface area contributed by atoms with Crippen LogP contribution in [0.1, 0.15) is 45.2 Å². The van der Waals surface area contributed by atoms with Crippen molar-refractivity contribution in [2.45, 2.75) is 51.7 Å². The fraction of sp³-hybridized carbons (Fsp3) is 0.556. The molecule has 1 aromatic heterocycles. The van der Waals surface area contributed by atoms with Crippen LogP contribution >= 0.6 is 0 Å². The number of rotatable bonds is 3. The van der Waals surface area contributed by atoms with Gasteiger partial charge in [-0.25, -0.2) is 0 Å². The van der Waals surface area contributed by atoms with Gasteiger partial charge >= 0.3 is 0 Å². The van der Waals surface area contributed by atoms with Crippen molar-refractivity contribution < 1.29 is 4.74 Å². The summed E-state index contributed by atoms with van der Waals surface area (Å²) in [5, 5.41) is 4.95. The van der Waals surface area contributed by atoms with E-state index in [1.54, 1.807) is 0 Å². The lowest BCUT2D eigenvalue weighted by Crippen LogP contribution is -2.35. The van der Waals surface area contributed by atoms with Gasteiger partial charge in [-0.3, -0.25) is 0 Å². The van der Waals surface area contributed by atoms with E-state index in [0.29, 0.717) is 6.04 Å². The molecule has 0 bridgehead atoms. The van der Waals surface area contributed by atoms with Crippen LogP contribution in [0.15, 0.2) is 30.5 Å². The number of benzene rings is 1. The number of fused-ring (bicyclic) bond motifs is 1. The van der Waals surface area contributed by atoms with Crippen LogP contribution in [-0.2, 0) is 11.3 Å². The van der Waals surface area contributed by atoms with E-state index >= 15 is 0 Å². The van der Waals surface area contributed by atoms with Gasteiger partial charge in [-0.15, -0.1) is 0 Å². The highest BCUT2D eigenvalue weighted by atomic mass is 16.5. The third-order valence-electron chi connectivity index (χ3n) is 4.22. The molecular formula is C18H26N2O. The van der Waals surface area contributed by atoms with Gasteiger partial charge < -0.3 is 14.6 Å². The Labute approximate surface area is 127 Å². The topological polar surface area (TPSA) is 26.2 Å². The summed E-state index contributed by atoms with van der Waals surface area (Å²) in [5.41, 5.74) is 2.92. The van der Waals surface area contributed by atoms with Crippen LogP contribution in [0, 0.1) is 0 Å². The van der Waals surface area contributed by atoms with Crippen LogP contribution in [0.4, 0.5) is 0 Å². The molecule has 3 heteroatoms. The van der Waals surface area contributed by atoms with E-state index in [0.717, 1.165) is 32.6 Å². The first-order valence-electron chi connectivity index (χ1n) is 7.96. The number of para-hydroxylation sites is 1. The summed E-state index contributed by atoms with van der Waals surface area (Å²) in [6.45, 7) is 9.31. The molecule has 0 amide bonds. The zero-order valence-corrected chi connectivity index (χ0v) is 13.4. The number of ether oxygens (including phenoxy) is 1. The Kier molecular flexibility index (Phi) is 4.05. The third kappa shape index (κ3) is 3.30. The molecule has 21 heavy (non-hydrogen) atoms. The summed E-state index contributed by atoms with van der Waals surface area (Å²) in [6, 6.07) is 9.44. The molecule has 1 N–H and O–H groups in total. The first-order valence-corrected chi connectivity index (χ1v) is 7.96. The molecule has 1 aromatic carbocycles. The molecule has 0 radical (unpaired) electrons. The van der Waals surface area contributed by atoms with Crippen LogP contribution in [0.2, 0.25) is 0 Å². The highest BCUT2D eigenvalue weighted by Crippen LogP contribution is 2.29. The van der Waals surface area contributed by atoms with Crippen molar-refractivity contribution in [1.82, 2.24) is 9.88 Å². The Balaban J connectivity index is 1.94. The van der Waals surface area contributed by atoms with E-state index < -0.39 is 0 Å². The third-order valence-corrected chi connectivity index (χ3v) is 4.22. The molecule has 3 rings (SSSR count). The van der Waals surface area contributed by atoms with Crippen molar-refractivity contribution in [2.24, 2.45) is 0 Å². The Morgan fingerprint density at radius 3 is 2.67 bits per heavy atom. The predicted molar refractivity (Wildman–Crippen MR) is 87.6 cm³/mol. The maximum absolute atomic E-state index is 5.51. The van der Waals surface area contributed by atoms with Crippen LogP contribution in [-0.4, -0.2) is 23.3 Å². The lowest BCUT2D eigenvalue weighted by atomic mass is 10.1. The molecule has 0 saturated carbocycles. The molecular weight excluding hydrogens is 260 g/mol. The average molecular weight is 286 g/mol. The van der Waals surface area contributed by atoms with Crippen molar-refractivity contribution in [3.8, 4) is 0 Å². The molecule has 2 heterocycles. The number of hydrogen-bond acceptors (Lipinski definition) is 2. The van der Waals surface area contributed by atoms with E-state index in [1.807, 2.05) is 0 Å². The van der Waals surface area contributed by atoms with E-state index in [1.165, 1.54) is 16.5 Å². The van der Waals surface area contributed by atoms with Gasteiger partial charge in [-0.05, 0) is 50.6 Å². The second-order valence-electron chi connectivity index (χ2n) is 7.03. The molecule has 1 fully saturated rings. The fourth-order valence-corrected chi connectivity index (χ4v) is 3.07. The van der Waals surface area contributed by atoms with Gasteiger partial charge in [0.2, 0.25) is 0 Å². The van der Waals surface area contributed by atoms with Crippen LogP contribution in [0.3, 0.4) is 0 Å². The summed E-state index contributed by atoms with van der Waals surface area (Å²) in [7, 11) is 0. The van der Waals surface area contributed by atoms with Crippen molar-refractivity contribution in [3.63, 3.8) is 0 Å². The maximum atomic E-state index is 5.51. The minimum atomic E-state index is 0.137. The molecule has 0 atom stereocenters. The van der Waals surface area contributed by atoms with Gasteiger partial charge in [-0.1, -0.05) is 18.2 Å². The summed E-state index contributed by atoms with van der Waals surface area (Å²) in [6.07, 6.45) is 4.48. The van der Waals surface area contributed by atoms with Gasteiger partial charge in [-0.2, -0.15) is 0 Å². The smallest absolute Gasteiger partial charge is 0.0528 e. The minimum absolute atomic E-state index is 0.137. The minimum Gasteiger partial charge on any atom is -0.381 e. The number of nitrogens with one attached hydrogen (secondary N) is 1. The Hall–Kier alpha value is -1.32. The summed E-state index contributed by atoms with van der Waals surface area (Å²) in [5.74, 6) is 0. The summed E-state index contributed by atoms with van der Waals surface area (Å²) in [4.78, 5) is 0. The molecule has 1 saturated heterocycles. The van der Waals surface area contributed by atoms with Crippen LogP contribution in [0.25, 0.3) is 10.9 Å². The number of nitrogens with zero attached hydrogens (tertiary/aromatic N) is 1. The highest BCUT2D eigenvalue weighted by Gasteiger charge is 2.19. The first-order chi connectivity index (χ1) is 10.0. The number of aromatic nitrogens is 1. The van der Waals surface area contributed by atoms with E-state index in [-0.39, 0.29) is 5.54 Å². The van der Waals surface area contributed by atoms with Gasteiger partial charge in [0.25, 0.3) is 0 Å². The molecule has 0 unspecified atom stereocenters. The van der Waals surface area contributed by atoms with Crippen molar-refractivity contribution >= 4 is 10.9 Å². The summed E-state index contributed by atoms with van der Waals surface area (Å²) < 4.78 is 7.98.